The van der Waals surface area contributed by atoms with Crippen LogP contribution in [0.4, 0.5) is 0 Å². The third-order valence-corrected chi connectivity index (χ3v) is 9.42. The fourth-order valence-corrected chi connectivity index (χ4v) is 6.77. The molecule has 42 heavy (non-hydrogen) atoms. The number of carbonyl (C=O) groups excluding carboxylic acids is 1. The Labute approximate surface area is 250 Å². The molecule has 2 N–H and O–H groups in total. The van der Waals surface area contributed by atoms with E-state index < -0.39 is 12.0 Å². The van der Waals surface area contributed by atoms with Crippen LogP contribution in [0.25, 0.3) is 0 Å². The molecule has 8 nitrogen and oxygen atoms in total. The number of ether oxygens (including phenoxy) is 1. The number of hydrogen-bond donors (Lipinski definition) is 2. The van der Waals surface area contributed by atoms with Crippen molar-refractivity contribution in [2.75, 3.05) is 39.8 Å². The zero-order chi connectivity index (χ0) is 29.6. The average Bonchev–Trinajstić information content (AvgIpc) is 2.93. The van der Waals surface area contributed by atoms with Gasteiger partial charge in [0.2, 0.25) is 0 Å². The van der Waals surface area contributed by atoms with Crippen LogP contribution in [0, 0.1) is 19.8 Å². The van der Waals surface area contributed by atoms with Crippen LogP contribution < -0.4 is 5.32 Å². The summed E-state index contributed by atoms with van der Waals surface area (Å²) in [6.07, 6.45) is 9.38. The van der Waals surface area contributed by atoms with E-state index in [2.05, 4.69) is 46.4 Å². The number of aryl methyl sites for hydroxylation is 5. The summed E-state index contributed by atoms with van der Waals surface area (Å²) in [5.74, 6) is -0.728. The molecule has 0 unspecified atom stereocenters. The molecule has 2 heterocycles. The van der Waals surface area contributed by atoms with Crippen molar-refractivity contribution in [3.8, 4) is 0 Å². The summed E-state index contributed by atoms with van der Waals surface area (Å²) in [5.41, 5.74) is 7.45. The van der Waals surface area contributed by atoms with Gasteiger partial charge in [-0.3, -0.25) is 14.7 Å². The van der Waals surface area contributed by atoms with Crippen molar-refractivity contribution < 1.29 is 19.4 Å². The number of carboxylic acids is 1. The van der Waals surface area contributed by atoms with Gasteiger partial charge >= 0.3 is 5.97 Å². The minimum atomic E-state index is -1.03. The second kappa shape index (κ2) is 14.1. The molecule has 0 spiro atoms. The van der Waals surface area contributed by atoms with Crippen LogP contribution in [0.5, 0.6) is 0 Å². The lowest BCUT2D eigenvalue weighted by Crippen LogP contribution is -2.44. The first-order valence-corrected chi connectivity index (χ1v) is 15.9. The van der Waals surface area contributed by atoms with Gasteiger partial charge in [-0.15, -0.1) is 0 Å². The summed E-state index contributed by atoms with van der Waals surface area (Å²) in [4.78, 5) is 34.8. The number of rotatable bonds is 12. The zero-order valence-electron chi connectivity index (χ0n) is 25.7. The predicted molar refractivity (Wildman–Crippen MR) is 164 cm³/mol. The molecule has 0 radical (unpaired) electrons. The Morgan fingerprint density at radius 1 is 1.07 bits per heavy atom. The van der Waals surface area contributed by atoms with Crippen molar-refractivity contribution in [3.05, 3.63) is 63.5 Å². The maximum absolute atomic E-state index is 13.2. The number of nitrogens with zero attached hydrogens (tertiary/aromatic N) is 3. The number of amides is 1. The van der Waals surface area contributed by atoms with Crippen LogP contribution in [0.1, 0.15) is 82.5 Å². The Kier molecular flexibility index (Phi) is 10.3. The van der Waals surface area contributed by atoms with E-state index in [9.17, 15) is 14.7 Å². The average molecular weight is 577 g/mol. The number of aromatic nitrogens is 1. The van der Waals surface area contributed by atoms with E-state index in [0.717, 1.165) is 76.0 Å². The van der Waals surface area contributed by atoms with Crippen molar-refractivity contribution in [2.24, 2.45) is 5.92 Å². The van der Waals surface area contributed by atoms with Gasteiger partial charge in [-0.05, 0) is 106 Å². The number of fused-ring (bicyclic) bond motifs is 1. The molecule has 1 saturated heterocycles. The first-order chi connectivity index (χ1) is 20.2. The molecule has 0 bridgehead atoms. The van der Waals surface area contributed by atoms with Crippen LogP contribution in [0.3, 0.4) is 0 Å². The molecule has 1 aliphatic heterocycles. The topological polar surface area (TPSA) is 95.0 Å². The number of piperazine rings is 1. The summed E-state index contributed by atoms with van der Waals surface area (Å²) >= 11 is 0. The maximum atomic E-state index is 13.2. The number of hydrogen-bond acceptors (Lipinski definition) is 6. The van der Waals surface area contributed by atoms with Crippen molar-refractivity contribution in [1.29, 1.82) is 0 Å². The minimum Gasteiger partial charge on any atom is -0.480 e. The Balaban J connectivity index is 1.04. The van der Waals surface area contributed by atoms with Gasteiger partial charge < -0.3 is 20.1 Å². The summed E-state index contributed by atoms with van der Waals surface area (Å²) in [6.45, 7) is 9.25. The van der Waals surface area contributed by atoms with Gasteiger partial charge in [-0.2, -0.15) is 0 Å². The van der Waals surface area contributed by atoms with E-state index in [1.807, 2.05) is 13.8 Å². The molecule has 2 fully saturated rings. The molecule has 228 valence electrons. The molecule has 1 saturated carbocycles. The Hall–Kier alpha value is -2.81. The molecule has 2 aliphatic carbocycles. The number of carboxylic acid groups (broad SMARTS) is 1. The van der Waals surface area contributed by atoms with Gasteiger partial charge in [0.15, 0.2) is 0 Å². The standard InChI is InChI=1S/C34H48N4O4/c1-23-18-26(22-38-15-13-37(3)14-16-38)19-24(2)32(23)33(39)36-31(34(40)41)12-17-42-29-20-25(21-29)8-10-28-11-9-27-6-4-5-7-30(27)35-28/h9,11,18-19,25,29,31H,4-8,10,12-17,20-22H2,1-3H3,(H,36,39)(H,40,41)/t25?,29?,31-/m0/s1. The number of nitrogens with one attached hydrogen (secondary N) is 1. The number of benzene rings is 1. The van der Waals surface area contributed by atoms with Crippen molar-refractivity contribution >= 4 is 11.9 Å². The monoisotopic (exact) mass is 576 g/mol. The smallest absolute Gasteiger partial charge is 0.326 e. The summed E-state index contributed by atoms with van der Waals surface area (Å²) in [7, 11) is 2.15. The fourth-order valence-electron chi connectivity index (χ4n) is 6.77. The first-order valence-electron chi connectivity index (χ1n) is 15.9. The third kappa shape index (κ3) is 7.97. The molecule has 5 rings (SSSR count). The lowest BCUT2D eigenvalue weighted by atomic mass is 9.79. The lowest BCUT2D eigenvalue weighted by Gasteiger charge is -2.35. The maximum Gasteiger partial charge on any atom is 0.326 e. The summed E-state index contributed by atoms with van der Waals surface area (Å²) < 4.78 is 6.01. The molecule has 1 amide bonds. The fraction of sp³-hybridized carbons (Fsp3) is 0.618. The highest BCUT2D eigenvalue weighted by Gasteiger charge is 2.30. The van der Waals surface area contributed by atoms with E-state index in [1.165, 1.54) is 41.8 Å². The van der Waals surface area contributed by atoms with E-state index >= 15 is 0 Å². The lowest BCUT2D eigenvalue weighted by molar-refractivity contribution is -0.140. The molecule has 1 aromatic heterocycles. The van der Waals surface area contributed by atoms with Crippen LogP contribution in [-0.2, 0) is 35.3 Å². The predicted octanol–water partition coefficient (Wildman–Crippen LogP) is 4.33. The second-order valence-electron chi connectivity index (χ2n) is 12.8. The highest BCUT2D eigenvalue weighted by Crippen LogP contribution is 2.34. The molecular formula is C34H48N4O4. The quantitative estimate of drug-likeness (QED) is 0.389. The number of likely N-dealkylation sites (N-methyl/N-ethyl adjacent to an activating group) is 1. The van der Waals surface area contributed by atoms with E-state index in [4.69, 9.17) is 9.72 Å². The number of pyridine rings is 1. The van der Waals surface area contributed by atoms with Crippen LogP contribution in [0.15, 0.2) is 24.3 Å². The van der Waals surface area contributed by atoms with Gasteiger partial charge in [-0.1, -0.05) is 18.2 Å². The van der Waals surface area contributed by atoms with Gasteiger partial charge in [0.05, 0.1) is 6.10 Å². The molecule has 1 aromatic carbocycles. The van der Waals surface area contributed by atoms with E-state index in [1.54, 1.807) is 0 Å². The van der Waals surface area contributed by atoms with Crippen LogP contribution in [0.2, 0.25) is 0 Å². The highest BCUT2D eigenvalue weighted by molar-refractivity contribution is 5.99. The Bertz CT molecular complexity index is 1230. The summed E-state index contributed by atoms with van der Waals surface area (Å²) in [5, 5.41) is 12.6. The van der Waals surface area contributed by atoms with Gasteiger partial charge in [0.1, 0.15) is 6.04 Å². The largest absolute Gasteiger partial charge is 0.480 e. The first kappa shape index (κ1) is 30.6. The van der Waals surface area contributed by atoms with E-state index in [-0.39, 0.29) is 18.4 Å². The van der Waals surface area contributed by atoms with Crippen LogP contribution in [-0.4, -0.2) is 83.7 Å². The SMILES string of the molecule is Cc1cc(CN2CCN(C)CC2)cc(C)c1C(=O)N[C@@H](CCOC1CC(CCc2ccc3c(n2)CCCC3)C1)C(=O)O. The zero-order valence-corrected chi connectivity index (χ0v) is 25.7. The normalized spacial score (nSPS) is 21.8. The number of aliphatic carboxylic acids is 1. The molecule has 2 aromatic rings. The van der Waals surface area contributed by atoms with Gasteiger partial charge in [-0.25, -0.2) is 4.79 Å². The van der Waals surface area contributed by atoms with Gasteiger partial charge in [0.25, 0.3) is 5.91 Å². The second-order valence-corrected chi connectivity index (χ2v) is 12.8. The molecule has 3 aliphatic rings. The Morgan fingerprint density at radius 3 is 2.50 bits per heavy atom. The Morgan fingerprint density at radius 2 is 1.79 bits per heavy atom. The molecule has 1 atom stereocenters. The van der Waals surface area contributed by atoms with Crippen molar-refractivity contribution in [3.63, 3.8) is 0 Å². The molecular weight excluding hydrogens is 528 g/mol. The van der Waals surface area contributed by atoms with Crippen molar-refractivity contribution in [2.45, 2.75) is 90.3 Å². The summed E-state index contributed by atoms with van der Waals surface area (Å²) in [6, 6.07) is 7.62. The van der Waals surface area contributed by atoms with Gasteiger partial charge in [0, 0.05) is 62.7 Å². The third-order valence-electron chi connectivity index (χ3n) is 9.42. The van der Waals surface area contributed by atoms with Crippen molar-refractivity contribution in [1.82, 2.24) is 20.1 Å². The molecule has 8 heteroatoms. The minimum absolute atomic E-state index is 0.175. The number of carbonyl (C=O) groups is 2. The van der Waals surface area contributed by atoms with E-state index in [0.29, 0.717) is 18.1 Å². The highest BCUT2D eigenvalue weighted by atomic mass is 16.5. The van der Waals surface area contributed by atoms with Crippen LogP contribution >= 0.6 is 0 Å².